The molecule has 28 heavy (non-hydrogen) atoms. The molecule has 1 heterocycles. The molecule has 0 aliphatic carbocycles. The molecule has 0 saturated heterocycles. The maximum atomic E-state index is 12.2. The van der Waals surface area contributed by atoms with Crippen molar-refractivity contribution in [3.63, 3.8) is 0 Å². The minimum Gasteiger partial charge on any atom is -0.493 e. The molecule has 1 aromatic carbocycles. The van der Waals surface area contributed by atoms with Gasteiger partial charge < -0.3 is 25.0 Å². The molecule has 0 aromatic heterocycles. The number of amides is 1. The van der Waals surface area contributed by atoms with E-state index in [2.05, 4.69) is 26.6 Å². The van der Waals surface area contributed by atoms with Gasteiger partial charge in [0.15, 0.2) is 17.5 Å². The van der Waals surface area contributed by atoms with Gasteiger partial charge in [0.1, 0.15) is 0 Å². The van der Waals surface area contributed by atoms with Gasteiger partial charge in [-0.15, -0.1) is 24.0 Å². The molecule has 0 radical (unpaired) electrons. The first-order valence-electron chi connectivity index (χ1n) is 9.34. The van der Waals surface area contributed by atoms with Crippen LogP contribution in [-0.4, -0.2) is 57.7 Å². The lowest BCUT2D eigenvalue weighted by Gasteiger charge is -2.33. The zero-order valence-corrected chi connectivity index (χ0v) is 20.0. The summed E-state index contributed by atoms with van der Waals surface area (Å²) in [5.41, 5.74) is 1.95. The normalized spacial score (nSPS) is 13.9. The van der Waals surface area contributed by atoms with Crippen molar-refractivity contribution in [3.8, 4) is 11.5 Å². The molecule has 0 unspecified atom stereocenters. The second-order valence-corrected chi connectivity index (χ2v) is 7.29. The molecule has 1 aromatic rings. The molecule has 8 heteroatoms. The lowest BCUT2D eigenvalue weighted by atomic mass is 9.92. The molecule has 0 atom stereocenters. The smallest absolute Gasteiger partial charge is 0.227 e. The predicted octanol–water partition coefficient (Wildman–Crippen LogP) is 2.42. The number of hydrogen-bond donors (Lipinski definition) is 2. The number of nitrogens with zero attached hydrogens (tertiary/aromatic N) is 2. The van der Waals surface area contributed by atoms with Gasteiger partial charge in [-0.2, -0.15) is 0 Å². The molecule has 2 N–H and O–H groups in total. The molecule has 7 nitrogen and oxygen atoms in total. The maximum absolute atomic E-state index is 12.2. The van der Waals surface area contributed by atoms with E-state index in [1.54, 1.807) is 21.3 Å². The van der Waals surface area contributed by atoms with E-state index in [0.717, 1.165) is 37.0 Å². The summed E-state index contributed by atoms with van der Waals surface area (Å²) in [5.74, 6) is 2.33. The van der Waals surface area contributed by atoms with E-state index in [9.17, 15) is 4.79 Å². The number of fused-ring (bicyclic) bond motifs is 1. The van der Waals surface area contributed by atoms with Crippen molar-refractivity contribution in [3.05, 3.63) is 23.3 Å². The number of rotatable bonds is 6. The average Bonchev–Trinajstić information content (AvgIpc) is 2.67. The number of ether oxygens (including phenoxy) is 2. The van der Waals surface area contributed by atoms with Crippen LogP contribution in [0.5, 0.6) is 11.5 Å². The molecule has 0 fully saturated rings. The number of aliphatic imine (C=N–C) groups is 1. The Labute approximate surface area is 185 Å². The Morgan fingerprint density at radius 3 is 2.32 bits per heavy atom. The van der Waals surface area contributed by atoms with Crippen molar-refractivity contribution in [1.82, 2.24) is 15.5 Å². The van der Waals surface area contributed by atoms with Crippen LogP contribution in [0.4, 0.5) is 0 Å². The molecule has 158 valence electrons. The summed E-state index contributed by atoms with van der Waals surface area (Å²) in [5, 5.41) is 6.25. The molecular weight excluding hydrogens is 471 g/mol. The summed E-state index contributed by atoms with van der Waals surface area (Å²) in [6.45, 7) is 8.52. The molecular formula is C20H33IN4O3. The van der Waals surface area contributed by atoms with Gasteiger partial charge in [-0.1, -0.05) is 0 Å². The molecule has 0 bridgehead atoms. The van der Waals surface area contributed by atoms with Crippen molar-refractivity contribution in [2.45, 2.75) is 33.7 Å². The number of benzene rings is 1. The van der Waals surface area contributed by atoms with Gasteiger partial charge in [0.25, 0.3) is 0 Å². The van der Waals surface area contributed by atoms with Crippen LogP contribution < -0.4 is 20.1 Å². The highest BCUT2D eigenvalue weighted by Crippen LogP contribution is 2.33. The largest absolute Gasteiger partial charge is 0.493 e. The average molecular weight is 504 g/mol. The maximum Gasteiger partial charge on any atom is 0.227 e. The number of guanidine groups is 1. The predicted molar refractivity (Wildman–Crippen MR) is 123 cm³/mol. The third kappa shape index (κ3) is 5.65. The Hall–Kier alpha value is -1.71. The molecule has 1 aliphatic heterocycles. The fraction of sp³-hybridized carbons (Fsp3) is 0.600. The molecule has 0 saturated carbocycles. The minimum atomic E-state index is -0.518. The van der Waals surface area contributed by atoms with Gasteiger partial charge >= 0.3 is 0 Å². The highest BCUT2D eigenvalue weighted by atomic mass is 127. The Morgan fingerprint density at radius 2 is 1.79 bits per heavy atom. The van der Waals surface area contributed by atoms with Crippen molar-refractivity contribution in [2.24, 2.45) is 10.4 Å². The Balaban J connectivity index is 0.00000392. The van der Waals surface area contributed by atoms with E-state index in [1.165, 1.54) is 11.1 Å². The first-order chi connectivity index (χ1) is 12.9. The van der Waals surface area contributed by atoms with Crippen LogP contribution in [0.1, 0.15) is 31.9 Å². The minimum absolute atomic E-state index is 0. The number of halogens is 1. The summed E-state index contributed by atoms with van der Waals surface area (Å²) in [4.78, 5) is 18.8. The van der Waals surface area contributed by atoms with Gasteiger partial charge in [-0.05, 0) is 50.5 Å². The number of methoxy groups -OCH3 is 2. The molecule has 1 aliphatic rings. The van der Waals surface area contributed by atoms with Gasteiger partial charge in [0.05, 0.1) is 19.6 Å². The van der Waals surface area contributed by atoms with Gasteiger partial charge in [-0.25, -0.2) is 0 Å². The number of hydrogen-bond acceptors (Lipinski definition) is 4. The molecule has 2 rings (SSSR count). The second kappa shape index (κ2) is 10.7. The second-order valence-electron chi connectivity index (χ2n) is 7.29. The zero-order chi connectivity index (χ0) is 20.0. The van der Waals surface area contributed by atoms with Crippen LogP contribution in [0.3, 0.4) is 0 Å². The van der Waals surface area contributed by atoms with E-state index < -0.39 is 5.41 Å². The SMILES string of the molecule is CCNC(=O)C(C)(C)CNC(=NC)N1CCc2cc(OC)c(OC)cc2C1.I. The van der Waals surface area contributed by atoms with Crippen molar-refractivity contribution in [1.29, 1.82) is 0 Å². The number of carbonyl (C=O) groups excluding carboxylic acids is 1. The van der Waals surface area contributed by atoms with Crippen LogP contribution in [0.15, 0.2) is 17.1 Å². The van der Waals surface area contributed by atoms with Crippen molar-refractivity contribution in [2.75, 3.05) is 40.9 Å². The van der Waals surface area contributed by atoms with E-state index in [-0.39, 0.29) is 29.9 Å². The Kier molecular flexibility index (Phi) is 9.32. The highest BCUT2D eigenvalue weighted by Gasteiger charge is 2.28. The topological polar surface area (TPSA) is 75.2 Å². The summed E-state index contributed by atoms with van der Waals surface area (Å²) < 4.78 is 10.8. The highest BCUT2D eigenvalue weighted by molar-refractivity contribution is 14.0. The van der Waals surface area contributed by atoms with Gasteiger partial charge in [0, 0.05) is 33.2 Å². The van der Waals surface area contributed by atoms with Gasteiger partial charge in [0.2, 0.25) is 5.91 Å². The first-order valence-corrected chi connectivity index (χ1v) is 9.34. The van der Waals surface area contributed by atoms with E-state index in [1.807, 2.05) is 26.8 Å². The Bertz CT molecular complexity index is 707. The van der Waals surface area contributed by atoms with Crippen molar-refractivity contribution < 1.29 is 14.3 Å². The van der Waals surface area contributed by atoms with Crippen LogP contribution in [0.2, 0.25) is 0 Å². The van der Waals surface area contributed by atoms with Gasteiger partial charge in [-0.3, -0.25) is 9.79 Å². The van der Waals surface area contributed by atoms with Crippen molar-refractivity contribution >= 4 is 35.8 Å². The van der Waals surface area contributed by atoms with Crippen LogP contribution in [0.25, 0.3) is 0 Å². The summed E-state index contributed by atoms with van der Waals surface area (Å²) in [6.07, 6.45) is 0.899. The van der Waals surface area contributed by atoms with Crippen LogP contribution in [0, 0.1) is 5.41 Å². The zero-order valence-electron chi connectivity index (χ0n) is 17.7. The Morgan fingerprint density at radius 1 is 1.18 bits per heavy atom. The first kappa shape index (κ1) is 24.3. The third-order valence-electron chi connectivity index (χ3n) is 4.87. The fourth-order valence-electron chi connectivity index (χ4n) is 3.18. The van der Waals surface area contributed by atoms with Crippen LogP contribution in [-0.2, 0) is 17.8 Å². The van der Waals surface area contributed by atoms with E-state index >= 15 is 0 Å². The quantitative estimate of drug-likeness (QED) is 0.354. The standard InChI is InChI=1S/C20H32N4O3.HI/c1-7-22-18(25)20(2,3)13-23-19(21-4)24-9-8-14-10-16(26-5)17(27-6)11-15(14)12-24;/h10-11H,7-9,12-13H2,1-6H3,(H,21,23)(H,22,25);1H. The fourth-order valence-corrected chi connectivity index (χ4v) is 3.18. The third-order valence-corrected chi connectivity index (χ3v) is 4.87. The summed E-state index contributed by atoms with van der Waals surface area (Å²) in [7, 11) is 5.07. The van der Waals surface area contributed by atoms with E-state index in [0.29, 0.717) is 13.1 Å². The summed E-state index contributed by atoms with van der Waals surface area (Å²) in [6, 6.07) is 4.09. The molecule has 0 spiro atoms. The number of nitrogens with one attached hydrogen (secondary N) is 2. The monoisotopic (exact) mass is 504 g/mol. The van der Waals surface area contributed by atoms with Crippen LogP contribution >= 0.6 is 24.0 Å². The lowest BCUT2D eigenvalue weighted by molar-refractivity contribution is -0.128. The number of carbonyl (C=O) groups is 1. The summed E-state index contributed by atoms with van der Waals surface area (Å²) >= 11 is 0. The molecule has 1 amide bonds. The lowest BCUT2D eigenvalue weighted by Crippen LogP contribution is -2.50. The van der Waals surface area contributed by atoms with E-state index in [4.69, 9.17) is 9.47 Å².